The van der Waals surface area contributed by atoms with Crippen molar-refractivity contribution in [2.24, 2.45) is 5.92 Å². The van der Waals surface area contributed by atoms with Crippen LogP contribution in [0.2, 0.25) is 0 Å². The molecule has 2 heterocycles. The molecule has 3 aliphatic rings. The summed E-state index contributed by atoms with van der Waals surface area (Å²) >= 11 is 4.77. The van der Waals surface area contributed by atoms with E-state index in [-0.39, 0.29) is 59.6 Å². The first kappa shape index (κ1) is 28.1. The van der Waals surface area contributed by atoms with Gasteiger partial charge in [0.1, 0.15) is 11.9 Å². The molecule has 1 aromatic carbocycles. The number of rotatable bonds is 7. The monoisotopic (exact) mass is 518 g/mol. The third-order valence-electron chi connectivity index (χ3n) is 6.74. The van der Waals surface area contributed by atoms with E-state index >= 15 is 0 Å². The predicted octanol–water partition coefficient (Wildman–Crippen LogP) is 4.26. The number of hydrogen-bond acceptors (Lipinski definition) is 6. The van der Waals surface area contributed by atoms with E-state index in [4.69, 9.17) is 17.4 Å². The van der Waals surface area contributed by atoms with Crippen LogP contribution in [0.4, 0.5) is 4.39 Å². The predicted molar refractivity (Wildman–Crippen MR) is 135 cm³/mol. The molecule has 33 heavy (non-hydrogen) atoms. The molecule has 2 aliphatic heterocycles. The van der Waals surface area contributed by atoms with E-state index < -0.39 is 6.04 Å². The molecule has 5 nitrogen and oxygen atoms in total. The minimum absolute atomic E-state index is 0. The number of nitrogens with zero attached hydrogens (tertiary/aromatic N) is 2. The summed E-state index contributed by atoms with van der Waals surface area (Å²) in [6.07, 6.45) is 6.55. The maximum Gasteiger partial charge on any atom is 0.323 e. The molecule has 0 radical (unpaired) electrons. The Morgan fingerprint density at radius 2 is 1.91 bits per heavy atom. The summed E-state index contributed by atoms with van der Waals surface area (Å²) in [5.41, 5.74) is 1.61. The van der Waals surface area contributed by atoms with E-state index in [2.05, 4.69) is 15.9 Å². The number of ether oxygens (including phenoxy) is 1. The van der Waals surface area contributed by atoms with Crippen LogP contribution in [-0.4, -0.2) is 66.1 Å². The molecule has 0 bridgehead atoms. The summed E-state index contributed by atoms with van der Waals surface area (Å²) in [7, 11) is 1.43. The van der Waals surface area contributed by atoms with Gasteiger partial charge in [0.2, 0.25) is 0 Å². The van der Waals surface area contributed by atoms with Crippen LogP contribution in [0.3, 0.4) is 0 Å². The van der Waals surface area contributed by atoms with Crippen LogP contribution in [0.15, 0.2) is 35.9 Å². The Balaban J connectivity index is 0.00000193. The highest BCUT2D eigenvalue weighted by Gasteiger charge is 2.41. The standard InChI is InChI=1S/C24H31FN2O3S.2ClH/c1-30-24(29)20-7-4-12-26(20)13-10-17-15-27(14-11-21(17)31)22(23(28)16-8-9-16)18-5-2-3-6-19(18)25;;/h2-3,5-6,10,16,20-22,31H,4,7-9,11-15H2,1H3;2*1H/b17-10+;;/t20-,21?,22?;;/m0../s1. The van der Waals surface area contributed by atoms with Crippen LogP contribution in [0.1, 0.15) is 43.7 Å². The lowest BCUT2D eigenvalue weighted by Crippen LogP contribution is -2.43. The summed E-state index contributed by atoms with van der Waals surface area (Å²) in [5, 5.41) is 0.104. The second-order valence-electron chi connectivity index (χ2n) is 8.83. The molecule has 0 amide bonds. The third-order valence-corrected chi connectivity index (χ3v) is 7.33. The lowest BCUT2D eigenvalue weighted by atomic mass is 9.93. The van der Waals surface area contributed by atoms with E-state index in [9.17, 15) is 14.0 Å². The third kappa shape index (κ3) is 6.51. The molecule has 1 aliphatic carbocycles. The highest BCUT2D eigenvalue weighted by Crippen LogP contribution is 2.39. The summed E-state index contributed by atoms with van der Waals surface area (Å²) in [6.45, 7) is 2.81. The number of halogens is 3. The van der Waals surface area contributed by atoms with E-state index in [1.54, 1.807) is 18.2 Å². The lowest BCUT2D eigenvalue weighted by molar-refractivity contribution is -0.145. The molecular formula is C24H33Cl2FN2O3S. The molecular weight excluding hydrogens is 486 g/mol. The fourth-order valence-electron chi connectivity index (χ4n) is 4.81. The number of benzene rings is 1. The van der Waals surface area contributed by atoms with Gasteiger partial charge in [-0.05, 0) is 50.3 Å². The van der Waals surface area contributed by atoms with Crippen molar-refractivity contribution in [3.63, 3.8) is 0 Å². The summed E-state index contributed by atoms with van der Waals surface area (Å²) in [4.78, 5) is 29.4. The zero-order valence-electron chi connectivity index (χ0n) is 18.8. The molecule has 0 aromatic heterocycles. The van der Waals surface area contributed by atoms with Gasteiger partial charge >= 0.3 is 5.97 Å². The molecule has 3 fully saturated rings. The Kier molecular flexibility index (Phi) is 10.7. The Bertz CT molecular complexity index is 868. The number of esters is 1. The van der Waals surface area contributed by atoms with E-state index in [1.807, 2.05) is 0 Å². The Hall–Kier alpha value is -1.12. The van der Waals surface area contributed by atoms with Crippen LogP contribution in [0.25, 0.3) is 0 Å². The average molecular weight is 520 g/mol. The number of carbonyl (C=O) groups is 2. The molecule has 0 spiro atoms. The molecule has 0 N–H and O–H groups in total. The second kappa shape index (κ2) is 12.5. The maximum atomic E-state index is 14.7. The van der Waals surface area contributed by atoms with Crippen LogP contribution in [0.5, 0.6) is 0 Å². The zero-order valence-corrected chi connectivity index (χ0v) is 21.3. The fourth-order valence-corrected chi connectivity index (χ4v) is 5.12. The van der Waals surface area contributed by atoms with Gasteiger partial charge in [0.05, 0.1) is 13.2 Å². The average Bonchev–Trinajstić information content (AvgIpc) is 3.52. The Morgan fingerprint density at radius 3 is 2.58 bits per heavy atom. The van der Waals surface area contributed by atoms with Crippen LogP contribution in [0, 0.1) is 11.7 Å². The molecule has 3 atom stereocenters. The topological polar surface area (TPSA) is 49.9 Å². The van der Waals surface area contributed by atoms with Gasteiger partial charge in [0.25, 0.3) is 0 Å². The smallest absolute Gasteiger partial charge is 0.323 e. The quantitative estimate of drug-likeness (QED) is 0.332. The molecule has 2 unspecified atom stereocenters. The number of thiol groups is 1. The number of piperidine rings is 1. The van der Waals surface area contributed by atoms with Gasteiger partial charge in [-0.2, -0.15) is 12.6 Å². The van der Waals surface area contributed by atoms with Gasteiger partial charge in [0, 0.05) is 36.4 Å². The number of carbonyl (C=O) groups excluding carboxylic acids is 2. The van der Waals surface area contributed by atoms with Crippen molar-refractivity contribution in [1.29, 1.82) is 0 Å². The largest absolute Gasteiger partial charge is 0.468 e. The summed E-state index contributed by atoms with van der Waals surface area (Å²) in [6, 6.07) is 5.90. The molecule has 2 saturated heterocycles. The van der Waals surface area contributed by atoms with Crippen molar-refractivity contribution >= 4 is 49.2 Å². The van der Waals surface area contributed by atoms with Gasteiger partial charge in [-0.3, -0.25) is 19.4 Å². The van der Waals surface area contributed by atoms with Crippen molar-refractivity contribution < 1.29 is 18.7 Å². The highest BCUT2D eigenvalue weighted by atomic mass is 35.5. The molecule has 1 aromatic rings. The molecule has 184 valence electrons. The molecule has 9 heteroatoms. The molecule has 1 saturated carbocycles. The lowest BCUT2D eigenvalue weighted by Gasteiger charge is -2.38. The van der Waals surface area contributed by atoms with Gasteiger partial charge in [-0.1, -0.05) is 24.3 Å². The van der Waals surface area contributed by atoms with Gasteiger partial charge < -0.3 is 4.74 Å². The van der Waals surface area contributed by atoms with Crippen LogP contribution >= 0.6 is 37.4 Å². The number of methoxy groups -OCH3 is 1. The van der Waals surface area contributed by atoms with Crippen molar-refractivity contribution in [2.45, 2.75) is 49.4 Å². The van der Waals surface area contributed by atoms with E-state index in [1.165, 1.54) is 13.2 Å². The first-order valence-corrected chi connectivity index (χ1v) is 11.7. The van der Waals surface area contributed by atoms with Gasteiger partial charge in [-0.25, -0.2) is 4.39 Å². The number of hydrogen-bond donors (Lipinski definition) is 1. The Labute approximate surface area is 213 Å². The summed E-state index contributed by atoms with van der Waals surface area (Å²) in [5.74, 6) is -0.320. The molecule has 4 rings (SSSR count). The van der Waals surface area contributed by atoms with Crippen molar-refractivity contribution in [1.82, 2.24) is 9.80 Å². The minimum Gasteiger partial charge on any atom is -0.468 e. The first-order chi connectivity index (χ1) is 15.0. The highest BCUT2D eigenvalue weighted by molar-refractivity contribution is 7.81. The summed E-state index contributed by atoms with van der Waals surface area (Å²) < 4.78 is 19.6. The van der Waals surface area contributed by atoms with Crippen molar-refractivity contribution in [2.75, 3.05) is 33.3 Å². The SMILES string of the molecule is COC(=O)[C@@H]1CCCN1C/C=C1\CN(C(C(=O)C2CC2)c2ccccc2F)CCC1S.Cl.Cl. The van der Waals surface area contributed by atoms with E-state index in [0.717, 1.165) is 44.2 Å². The van der Waals surface area contributed by atoms with Crippen LogP contribution < -0.4 is 0 Å². The van der Waals surface area contributed by atoms with Crippen LogP contribution in [-0.2, 0) is 14.3 Å². The number of Topliss-reactive ketones (excluding diaryl/α,β-unsaturated/α-hetero) is 1. The normalized spacial score (nSPS) is 25.7. The zero-order chi connectivity index (χ0) is 22.0. The number of likely N-dealkylation sites (tertiary alicyclic amines) is 2. The number of ketones is 1. The van der Waals surface area contributed by atoms with E-state index in [0.29, 0.717) is 25.2 Å². The van der Waals surface area contributed by atoms with Gasteiger partial charge in [0.15, 0.2) is 5.78 Å². The Morgan fingerprint density at radius 1 is 1.18 bits per heavy atom. The fraction of sp³-hybridized carbons (Fsp3) is 0.583. The second-order valence-corrected chi connectivity index (χ2v) is 9.45. The van der Waals surface area contributed by atoms with Crippen molar-refractivity contribution in [3.8, 4) is 0 Å². The first-order valence-electron chi connectivity index (χ1n) is 11.2. The maximum absolute atomic E-state index is 14.7. The van der Waals surface area contributed by atoms with Crippen molar-refractivity contribution in [3.05, 3.63) is 47.3 Å². The minimum atomic E-state index is -0.549. The van der Waals surface area contributed by atoms with Gasteiger partial charge in [-0.15, -0.1) is 24.8 Å².